The number of β-amino-alcohol motifs (C(OH)–C–C–N with tert-alkyl or cyclic N) is 1. The normalized spacial score (nSPS) is 15.8. The Kier molecular flexibility index (Phi) is 12.0. The number of piperazine rings is 1. The highest BCUT2D eigenvalue weighted by atomic mass is 16.6. The molecule has 3 amide bonds. The van der Waals surface area contributed by atoms with Crippen LogP contribution in [-0.4, -0.2) is 105 Å². The van der Waals surface area contributed by atoms with Gasteiger partial charge < -0.3 is 41.1 Å². The number of esters is 1. The number of nitrogens with one attached hydrogen (secondary N) is 4. The molecule has 13 heteroatoms. The number of carbonyl (C=O) groups is 3. The summed E-state index contributed by atoms with van der Waals surface area (Å²) in [5.74, 6) is -0.318. The van der Waals surface area contributed by atoms with Crippen molar-refractivity contribution in [3.8, 4) is 0 Å². The van der Waals surface area contributed by atoms with Gasteiger partial charge in [-0.05, 0) is 72.1 Å². The molecular weight excluding hydrogens is 600 g/mol. The molecule has 0 radical (unpaired) electrons. The average Bonchev–Trinajstić information content (AvgIpc) is 3.68. The van der Waals surface area contributed by atoms with Crippen molar-refractivity contribution in [2.45, 2.75) is 83.4 Å². The maximum absolute atomic E-state index is 13.7. The predicted octanol–water partition coefficient (Wildman–Crippen LogP) is 2.97. The molecule has 0 unspecified atom stereocenters. The first-order valence-corrected chi connectivity index (χ1v) is 16.5. The molecule has 0 aliphatic carbocycles. The lowest BCUT2D eigenvalue weighted by Gasteiger charge is -2.35. The first kappa shape index (κ1) is 35.9. The van der Waals surface area contributed by atoms with E-state index >= 15 is 0 Å². The summed E-state index contributed by atoms with van der Waals surface area (Å²) in [5, 5.41) is 16.4. The molecule has 2 aromatic heterocycles. The van der Waals surface area contributed by atoms with E-state index in [2.05, 4.69) is 30.5 Å². The van der Waals surface area contributed by atoms with Gasteiger partial charge in [-0.3, -0.25) is 9.69 Å². The van der Waals surface area contributed by atoms with Crippen LogP contribution in [0.5, 0.6) is 0 Å². The number of aliphatic hydroxyl groups is 1. The Morgan fingerprint density at radius 3 is 2.49 bits per heavy atom. The molecule has 0 saturated carbocycles. The molecule has 1 fully saturated rings. The van der Waals surface area contributed by atoms with Gasteiger partial charge in [0.15, 0.2) is 0 Å². The minimum atomic E-state index is -1.09. The van der Waals surface area contributed by atoms with Crippen LogP contribution in [0, 0.1) is 0 Å². The molecule has 3 aromatic rings. The molecule has 0 spiro atoms. The first-order valence-electron chi connectivity index (χ1n) is 16.5. The van der Waals surface area contributed by atoms with Gasteiger partial charge in [0.05, 0.1) is 18.1 Å². The number of ether oxygens (including phenoxy) is 1. The third-order valence-electron chi connectivity index (χ3n) is 8.58. The van der Waals surface area contributed by atoms with Crippen molar-refractivity contribution in [1.82, 2.24) is 35.4 Å². The second-order valence-electron chi connectivity index (χ2n) is 13.8. The fourth-order valence-corrected chi connectivity index (χ4v) is 5.70. The average molecular weight is 655 g/mol. The summed E-state index contributed by atoms with van der Waals surface area (Å²) in [5.41, 5.74) is 6.45. The van der Waals surface area contributed by atoms with Crippen molar-refractivity contribution >= 4 is 28.8 Å². The third-order valence-corrected chi connectivity index (χ3v) is 8.58. The number of nitrogens with zero attached hydrogens (tertiary/aromatic N) is 3. The van der Waals surface area contributed by atoms with Crippen molar-refractivity contribution in [2.75, 3.05) is 45.9 Å². The number of carbonyl (C=O) groups excluding carboxylic acids is 3. The monoisotopic (exact) mass is 654 g/mol. The van der Waals surface area contributed by atoms with Gasteiger partial charge in [-0.25, -0.2) is 14.6 Å². The number of aromatic nitrogens is 3. The Bertz CT molecular complexity index is 1490. The molecule has 1 saturated heterocycles. The highest BCUT2D eigenvalue weighted by molar-refractivity contribution is 5.91. The number of para-hydroxylation sites is 1. The number of benzene rings is 1. The van der Waals surface area contributed by atoms with Crippen molar-refractivity contribution in [2.24, 2.45) is 5.73 Å². The number of nitrogens with two attached hydrogens (primary N) is 1. The summed E-state index contributed by atoms with van der Waals surface area (Å²) in [6.45, 7) is 12.6. The van der Waals surface area contributed by atoms with E-state index in [1.807, 2.05) is 30.5 Å². The molecule has 1 aliphatic rings. The van der Waals surface area contributed by atoms with Crippen LogP contribution in [0.1, 0.15) is 78.4 Å². The number of H-pyrrole nitrogens is 2. The highest BCUT2D eigenvalue weighted by Gasteiger charge is 2.36. The SMILES string of the molecule is CC(C)(C)OC(=O)[C@@H](CCCCN)NC(=O)C(C)(C)c1cnc([C@@H](Cc2c[nH]c3ccccc23)NC(=O)N2CCN(CCO)CC2)[nH]1.[HH]. The van der Waals surface area contributed by atoms with Crippen LogP contribution in [0.25, 0.3) is 10.9 Å². The zero-order valence-electron chi connectivity index (χ0n) is 28.4. The van der Waals surface area contributed by atoms with E-state index in [9.17, 15) is 19.5 Å². The number of hydrogen-bond acceptors (Lipinski definition) is 8. The van der Waals surface area contributed by atoms with Crippen LogP contribution < -0.4 is 16.4 Å². The number of urea groups is 1. The molecule has 0 bridgehead atoms. The number of fused-ring (bicyclic) bond motifs is 1. The van der Waals surface area contributed by atoms with Crippen molar-refractivity contribution in [3.63, 3.8) is 0 Å². The molecule has 2 atom stereocenters. The van der Waals surface area contributed by atoms with Gasteiger partial charge in [0.25, 0.3) is 0 Å². The third kappa shape index (κ3) is 9.55. The summed E-state index contributed by atoms with van der Waals surface area (Å²) in [6.07, 6.45) is 5.83. The number of hydrogen-bond donors (Lipinski definition) is 6. The van der Waals surface area contributed by atoms with Crippen LogP contribution in [0.4, 0.5) is 4.79 Å². The van der Waals surface area contributed by atoms with Crippen LogP contribution in [0.3, 0.4) is 0 Å². The Labute approximate surface area is 278 Å². The van der Waals surface area contributed by atoms with Crippen LogP contribution in [-0.2, 0) is 26.2 Å². The number of rotatable bonds is 14. The van der Waals surface area contributed by atoms with E-state index in [0.29, 0.717) is 70.0 Å². The molecule has 260 valence electrons. The maximum atomic E-state index is 13.7. The van der Waals surface area contributed by atoms with E-state index in [0.717, 1.165) is 22.9 Å². The molecule has 13 nitrogen and oxygen atoms in total. The van der Waals surface area contributed by atoms with Gasteiger partial charge in [-0.2, -0.15) is 0 Å². The van der Waals surface area contributed by atoms with Gasteiger partial charge in [0.2, 0.25) is 5.91 Å². The molecule has 1 aliphatic heterocycles. The minimum absolute atomic E-state index is 0. The fraction of sp³-hybridized carbons (Fsp3) is 0.588. The predicted molar refractivity (Wildman–Crippen MR) is 183 cm³/mol. The van der Waals surface area contributed by atoms with Crippen molar-refractivity contribution in [1.29, 1.82) is 0 Å². The number of aromatic amines is 2. The van der Waals surface area contributed by atoms with Crippen LogP contribution in [0.15, 0.2) is 36.7 Å². The number of unbranched alkanes of at least 4 members (excludes halogenated alkanes) is 1. The van der Waals surface area contributed by atoms with Gasteiger partial charge in [0.1, 0.15) is 17.5 Å². The zero-order valence-corrected chi connectivity index (χ0v) is 28.4. The summed E-state index contributed by atoms with van der Waals surface area (Å²) >= 11 is 0. The molecule has 4 rings (SSSR count). The summed E-state index contributed by atoms with van der Waals surface area (Å²) in [4.78, 5) is 55.5. The van der Waals surface area contributed by atoms with Gasteiger partial charge in [-0.1, -0.05) is 18.2 Å². The Morgan fingerprint density at radius 1 is 1.09 bits per heavy atom. The second kappa shape index (κ2) is 15.8. The van der Waals surface area contributed by atoms with Gasteiger partial charge in [-0.15, -0.1) is 0 Å². The molecule has 3 heterocycles. The summed E-state index contributed by atoms with van der Waals surface area (Å²) < 4.78 is 5.61. The largest absolute Gasteiger partial charge is 0.458 e. The van der Waals surface area contributed by atoms with Crippen molar-refractivity contribution < 1.29 is 25.7 Å². The topological polar surface area (TPSA) is 182 Å². The van der Waals surface area contributed by atoms with Crippen LogP contribution in [0.2, 0.25) is 0 Å². The Hall–Kier alpha value is -3.94. The Morgan fingerprint density at radius 2 is 1.81 bits per heavy atom. The lowest BCUT2D eigenvalue weighted by Crippen LogP contribution is -2.52. The van der Waals surface area contributed by atoms with Crippen molar-refractivity contribution in [3.05, 3.63) is 53.7 Å². The zero-order chi connectivity index (χ0) is 34.2. The standard InChI is InChI=1S/C34H52N8O5.H2/c1-33(2,3)47-30(44)26(12-8-9-13-35)38-31(45)34(4,5)28-22-37-29(40-28)27(20-23-21-36-25-11-7-6-10-24(23)25)39-32(46)42-16-14-41(15-17-42)18-19-43;/h6-7,10-11,21-22,26-27,36,43H,8-9,12-20,35H2,1-5H3,(H,37,40)(H,38,45)(H,39,46);1H/t26-,27-;/m1./s1. The second-order valence-corrected chi connectivity index (χ2v) is 13.8. The smallest absolute Gasteiger partial charge is 0.329 e. The van der Waals surface area contributed by atoms with E-state index in [4.69, 9.17) is 10.5 Å². The van der Waals surface area contributed by atoms with Gasteiger partial charge >= 0.3 is 12.0 Å². The molecule has 7 N–H and O–H groups in total. The quantitative estimate of drug-likeness (QED) is 0.113. The summed E-state index contributed by atoms with van der Waals surface area (Å²) in [6, 6.07) is 6.45. The lowest BCUT2D eigenvalue weighted by molar-refractivity contribution is -0.159. The maximum Gasteiger partial charge on any atom is 0.329 e. The highest BCUT2D eigenvalue weighted by Crippen LogP contribution is 2.27. The Balaban J connectivity index is 0.00000625. The van der Waals surface area contributed by atoms with E-state index in [-0.39, 0.29) is 20.0 Å². The number of amides is 3. The fourth-order valence-electron chi connectivity index (χ4n) is 5.70. The van der Waals surface area contributed by atoms with Crippen LogP contribution >= 0.6 is 0 Å². The minimum Gasteiger partial charge on any atom is -0.458 e. The van der Waals surface area contributed by atoms with Gasteiger partial charge in [0, 0.05) is 69.6 Å². The molecular formula is C34H54N8O5. The number of aliphatic hydroxyl groups excluding tert-OH is 1. The number of imidazole rings is 1. The van der Waals surface area contributed by atoms with E-state index in [1.165, 1.54) is 0 Å². The summed E-state index contributed by atoms with van der Waals surface area (Å²) in [7, 11) is 0. The van der Waals surface area contributed by atoms with E-state index < -0.39 is 29.1 Å². The lowest BCUT2D eigenvalue weighted by atomic mass is 9.88. The molecule has 1 aromatic carbocycles. The first-order chi connectivity index (χ1) is 22.3. The van der Waals surface area contributed by atoms with E-state index in [1.54, 1.807) is 45.7 Å². The molecule has 47 heavy (non-hydrogen) atoms.